The molecule has 1 aromatic heterocycles. The maximum absolute atomic E-state index is 12.5. The molecule has 2 nitrogen and oxygen atoms in total. The lowest BCUT2D eigenvalue weighted by atomic mass is 9.96. The molecule has 0 saturated carbocycles. The number of Topliss-reactive ketones (excluding diaryl/α,β-unsaturated/α-hetero) is 1. The van der Waals surface area contributed by atoms with Crippen LogP contribution in [0.15, 0.2) is 36.7 Å². The van der Waals surface area contributed by atoms with E-state index in [0.29, 0.717) is 12.3 Å². The Kier molecular flexibility index (Phi) is 8.31. The zero-order valence-electron chi connectivity index (χ0n) is 16.2. The molecule has 0 aliphatic rings. The van der Waals surface area contributed by atoms with Crippen molar-refractivity contribution in [2.24, 2.45) is 5.92 Å². The van der Waals surface area contributed by atoms with Crippen molar-refractivity contribution >= 4 is 17.4 Å². The molecular formula is C23H30ClNO. The van der Waals surface area contributed by atoms with Crippen LogP contribution in [-0.2, 0) is 12.8 Å². The number of benzene rings is 1. The van der Waals surface area contributed by atoms with Gasteiger partial charge in [0, 0.05) is 29.4 Å². The zero-order chi connectivity index (χ0) is 18.9. The van der Waals surface area contributed by atoms with Crippen molar-refractivity contribution in [1.82, 2.24) is 4.98 Å². The summed E-state index contributed by atoms with van der Waals surface area (Å²) in [6.45, 7) is 6.56. The van der Waals surface area contributed by atoms with Crippen molar-refractivity contribution in [1.29, 1.82) is 0 Å². The Morgan fingerprint density at radius 3 is 2.73 bits per heavy atom. The van der Waals surface area contributed by atoms with Crippen molar-refractivity contribution in [3.05, 3.63) is 63.9 Å². The van der Waals surface area contributed by atoms with Crippen LogP contribution in [0.3, 0.4) is 0 Å². The molecule has 26 heavy (non-hydrogen) atoms. The van der Waals surface area contributed by atoms with E-state index in [0.717, 1.165) is 41.8 Å². The standard InChI is InChI=1S/C23H30ClNO/c1-4-7-17(2)8-5-11-23(26)20-14-19(15-25-16-20)12-13-21-18(3)9-6-10-22(21)24/h6,9-10,14-17H,4-5,7-8,11-13H2,1-3H3. The fraction of sp³-hybridized carbons (Fsp3) is 0.478. The summed E-state index contributed by atoms with van der Waals surface area (Å²) in [5.74, 6) is 0.910. The molecule has 0 spiro atoms. The molecule has 3 heteroatoms. The molecule has 0 N–H and O–H groups in total. The quantitative estimate of drug-likeness (QED) is 0.439. The molecule has 0 saturated heterocycles. The number of halogens is 1. The summed E-state index contributed by atoms with van der Waals surface area (Å²) in [6, 6.07) is 7.99. The highest BCUT2D eigenvalue weighted by molar-refractivity contribution is 6.31. The second-order valence-corrected chi connectivity index (χ2v) is 7.73. The second-order valence-electron chi connectivity index (χ2n) is 7.33. The molecule has 0 aliphatic heterocycles. The van der Waals surface area contributed by atoms with Crippen LogP contribution in [0, 0.1) is 12.8 Å². The van der Waals surface area contributed by atoms with Crippen molar-refractivity contribution in [2.75, 3.05) is 0 Å². The third-order valence-corrected chi connectivity index (χ3v) is 5.37. The first kappa shape index (κ1) is 20.6. The van der Waals surface area contributed by atoms with E-state index in [9.17, 15) is 4.79 Å². The van der Waals surface area contributed by atoms with Gasteiger partial charge in [-0.3, -0.25) is 9.78 Å². The third kappa shape index (κ3) is 6.25. The van der Waals surface area contributed by atoms with Crippen LogP contribution >= 0.6 is 11.6 Å². The molecule has 2 rings (SSSR count). The van der Waals surface area contributed by atoms with Crippen LogP contribution in [-0.4, -0.2) is 10.8 Å². The number of aryl methyl sites for hydroxylation is 2. The second kappa shape index (κ2) is 10.5. The first-order valence-electron chi connectivity index (χ1n) is 9.72. The summed E-state index contributed by atoms with van der Waals surface area (Å²) in [4.78, 5) is 16.7. The number of rotatable bonds is 10. The Bertz CT molecular complexity index is 706. The predicted molar refractivity (Wildman–Crippen MR) is 110 cm³/mol. The van der Waals surface area contributed by atoms with E-state index in [4.69, 9.17) is 11.6 Å². The number of ketones is 1. The lowest BCUT2D eigenvalue weighted by Gasteiger charge is -2.10. The number of carbonyl (C=O) groups excluding carboxylic acids is 1. The van der Waals surface area contributed by atoms with Crippen LogP contribution in [0.5, 0.6) is 0 Å². The molecule has 0 fully saturated rings. The van der Waals surface area contributed by atoms with Gasteiger partial charge in [0.15, 0.2) is 5.78 Å². The highest BCUT2D eigenvalue weighted by Gasteiger charge is 2.10. The maximum atomic E-state index is 12.5. The average Bonchev–Trinajstić information content (AvgIpc) is 2.61. The first-order valence-corrected chi connectivity index (χ1v) is 10.1. The van der Waals surface area contributed by atoms with Crippen molar-refractivity contribution in [2.45, 2.75) is 65.7 Å². The van der Waals surface area contributed by atoms with E-state index in [-0.39, 0.29) is 5.78 Å². The van der Waals surface area contributed by atoms with Crippen LogP contribution in [0.4, 0.5) is 0 Å². The number of carbonyl (C=O) groups is 1. The van der Waals surface area contributed by atoms with Gasteiger partial charge in [-0.1, -0.05) is 56.8 Å². The Labute approximate surface area is 163 Å². The SMILES string of the molecule is CCCC(C)CCCC(=O)c1cncc(CCc2c(C)cccc2Cl)c1. The Morgan fingerprint density at radius 2 is 2.00 bits per heavy atom. The maximum Gasteiger partial charge on any atom is 0.164 e. The summed E-state index contributed by atoms with van der Waals surface area (Å²) in [6.07, 6.45) is 10.4. The summed E-state index contributed by atoms with van der Waals surface area (Å²) in [5.41, 5.74) is 4.21. The summed E-state index contributed by atoms with van der Waals surface area (Å²) >= 11 is 6.31. The number of aromatic nitrogens is 1. The molecule has 0 amide bonds. The monoisotopic (exact) mass is 371 g/mol. The summed E-state index contributed by atoms with van der Waals surface area (Å²) < 4.78 is 0. The normalized spacial score (nSPS) is 12.2. The van der Waals surface area contributed by atoms with E-state index >= 15 is 0 Å². The van der Waals surface area contributed by atoms with E-state index < -0.39 is 0 Å². The topological polar surface area (TPSA) is 30.0 Å². The van der Waals surface area contributed by atoms with Gasteiger partial charge in [-0.2, -0.15) is 0 Å². The number of pyridine rings is 1. The number of hydrogen-bond donors (Lipinski definition) is 0. The fourth-order valence-corrected chi connectivity index (χ4v) is 3.74. The molecule has 0 radical (unpaired) electrons. The molecule has 2 aromatic rings. The molecule has 1 heterocycles. The van der Waals surface area contributed by atoms with Crippen LogP contribution in [0.1, 0.15) is 73.0 Å². The van der Waals surface area contributed by atoms with Gasteiger partial charge in [0.25, 0.3) is 0 Å². The van der Waals surface area contributed by atoms with E-state index in [1.165, 1.54) is 24.0 Å². The van der Waals surface area contributed by atoms with Crippen molar-refractivity contribution in [3.8, 4) is 0 Å². The van der Waals surface area contributed by atoms with Gasteiger partial charge >= 0.3 is 0 Å². The van der Waals surface area contributed by atoms with Gasteiger partial charge in [0.05, 0.1) is 0 Å². The fourth-order valence-electron chi connectivity index (χ4n) is 3.42. The molecule has 1 atom stereocenters. The molecular weight excluding hydrogens is 342 g/mol. The third-order valence-electron chi connectivity index (χ3n) is 5.02. The van der Waals surface area contributed by atoms with Gasteiger partial charge in [0.1, 0.15) is 0 Å². The minimum Gasteiger partial charge on any atom is -0.294 e. The molecule has 1 unspecified atom stereocenters. The minimum absolute atomic E-state index is 0.206. The Hall–Kier alpha value is -1.67. The zero-order valence-corrected chi connectivity index (χ0v) is 17.0. The van der Waals surface area contributed by atoms with Gasteiger partial charge in [0.2, 0.25) is 0 Å². The van der Waals surface area contributed by atoms with Gasteiger partial charge < -0.3 is 0 Å². The highest BCUT2D eigenvalue weighted by Crippen LogP contribution is 2.22. The largest absolute Gasteiger partial charge is 0.294 e. The number of hydrogen-bond acceptors (Lipinski definition) is 2. The first-order chi connectivity index (χ1) is 12.5. The van der Waals surface area contributed by atoms with Crippen LogP contribution in [0.2, 0.25) is 5.02 Å². The van der Waals surface area contributed by atoms with Crippen LogP contribution in [0.25, 0.3) is 0 Å². The predicted octanol–water partition coefficient (Wildman–Crippen LogP) is 6.62. The molecule has 0 bridgehead atoms. The van der Waals surface area contributed by atoms with Crippen molar-refractivity contribution in [3.63, 3.8) is 0 Å². The number of nitrogens with zero attached hydrogens (tertiary/aromatic N) is 1. The van der Waals surface area contributed by atoms with E-state index in [1.807, 2.05) is 24.4 Å². The highest BCUT2D eigenvalue weighted by atomic mass is 35.5. The lowest BCUT2D eigenvalue weighted by molar-refractivity contribution is 0.0977. The van der Waals surface area contributed by atoms with Gasteiger partial charge in [-0.25, -0.2) is 0 Å². The lowest BCUT2D eigenvalue weighted by Crippen LogP contribution is -2.04. The Morgan fingerprint density at radius 1 is 1.19 bits per heavy atom. The van der Waals surface area contributed by atoms with Gasteiger partial charge in [-0.05, 0) is 60.9 Å². The minimum atomic E-state index is 0.206. The molecule has 1 aromatic carbocycles. The summed E-state index contributed by atoms with van der Waals surface area (Å²) in [5, 5.41) is 0.811. The molecule has 140 valence electrons. The van der Waals surface area contributed by atoms with Crippen LogP contribution < -0.4 is 0 Å². The van der Waals surface area contributed by atoms with E-state index in [2.05, 4.69) is 31.8 Å². The van der Waals surface area contributed by atoms with Crippen molar-refractivity contribution < 1.29 is 4.79 Å². The van der Waals surface area contributed by atoms with E-state index in [1.54, 1.807) is 6.20 Å². The molecule has 0 aliphatic carbocycles. The smallest absolute Gasteiger partial charge is 0.164 e. The van der Waals surface area contributed by atoms with Gasteiger partial charge in [-0.15, -0.1) is 0 Å². The Balaban J connectivity index is 1.92. The average molecular weight is 372 g/mol. The summed E-state index contributed by atoms with van der Waals surface area (Å²) in [7, 11) is 0.